The fraction of sp³-hybridized carbons (Fsp3) is 0.412. The molecule has 1 fully saturated rings. The average molecular weight is 286 g/mol. The van der Waals surface area contributed by atoms with Gasteiger partial charge in [-0.3, -0.25) is 9.59 Å². The third-order valence-corrected chi connectivity index (χ3v) is 3.88. The van der Waals surface area contributed by atoms with Crippen LogP contribution >= 0.6 is 0 Å². The Morgan fingerprint density at radius 1 is 1.43 bits per heavy atom. The molecule has 0 radical (unpaired) electrons. The van der Waals surface area contributed by atoms with Crippen molar-refractivity contribution in [2.75, 3.05) is 18.0 Å². The Balaban J connectivity index is 2.20. The summed E-state index contributed by atoms with van der Waals surface area (Å²) in [5.74, 6) is -0.282. The summed E-state index contributed by atoms with van der Waals surface area (Å²) in [5, 5.41) is 2.75. The first-order valence-corrected chi connectivity index (χ1v) is 7.33. The highest BCUT2D eigenvalue weighted by Gasteiger charge is 2.57. The SMILES string of the molecule is C=CCNC(=O)C1(C(=O)N(CC)c2cccc(C)c2)CC1. The van der Waals surface area contributed by atoms with Crippen molar-refractivity contribution in [3.63, 3.8) is 0 Å². The van der Waals surface area contributed by atoms with Crippen LogP contribution in [0.1, 0.15) is 25.3 Å². The molecule has 2 amide bonds. The van der Waals surface area contributed by atoms with Gasteiger partial charge in [0.05, 0.1) is 0 Å². The summed E-state index contributed by atoms with van der Waals surface area (Å²) in [7, 11) is 0. The van der Waals surface area contributed by atoms with Crippen molar-refractivity contribution in [3.8, 4) is 0 Å². The van der Waals surface area contributed by atoms with E-state index in [4.69, 9.17) is 0 Å². The van der Waals surface area contributed by atoms with Crippen LogP contribution in [-0.4, -0.2) is 24.9 Å². The lowest BCUT2D eigenvalue weighted by atomic mass is 10.0. The standard InChI is InChI=1S/C17H22N2O2/c1-4-11-18-15(20)17(9-10-17)16(21)19(5-2)14-8-6-7-13(3)12-14/h4,6-8,12H,1,5,9-11H2,2-3H3,(H,18,20). The van der Waals surface area contributed by atoms with E-state index in [-0.39, 0.29) is 11.8 Å². The second-order valence-electron chi connectivity index (χ2n) is 5.47. The molecule has 1 aromatic carbocycles. The number of amides is 2. The predicted molar refractivity (Wildman–Crippen MR) is 84.1 cm³/mol. The molecule has 0 atom stereocenters. The molecule has 0 aromatic heterocycles. The highest BCUT2D eigenvalue weighted by molar-refractivity contribution is 6.14. The Morgan fingerprint density at radius 3 is 2.67 bits per heavy atom. The lowest BCUT2D eigenvalue weighted by Crippen LogP contribution is -2.45. The van der Waals surface area contributed by atoms with Gasteiger partial charge in [-0.25, -0.2) is 0 Å². The molecule has 4 nitrogen and oxygen atoms in total. The molecule has 0 saturated heterocycles. The number of aryl methyl sites for hydroxylation is 1. The minimum atomic E-state index is -0.872. The molecular weight excluding hydrogens is 264 g/mol. The molecule has 0 bridgehead atoms. The fourth-order valence-corrected chi connectivity index (χ4v) is 2.49. The summed E-state index contributed by atoms with van der Waals surface area (Å²) in [4.78, 5) is 26.8. The highest BCUT2D eigenvalue weighted by Crippen LogP contribution is 2.48. The third-order valence-electron chi connectivity index (χ3n) is 3.88. The van der Waals surface area contributed by atoms with Crippen LogP contribution in [0, 0.1) is 12.3 Å². The van der Waals surface area contributed by atoms with Crippen molar-refractivity contribution < 1.29 is 9.59 Å². The number of nitrogens with zero attached hydrogens (tertiary/aromatic N) is 1. The van der Waals surface area contributed by atoms with E-state index in [1.54, 1.807) is 11.0 Å². The number of carbonyl (C=O) groups is 2. The van der Waals surface area contributed by atoms with Gasteiger partial charge >= 0.3 is 0 Å². The van der Waals surface area contributed by atoms with Gasteiger partial charge in [0.2, 0.25) is 11.8 Å². The van der Waals surface area contributed by atoms with Crippen LogP contribution < -0.4 is 10.2 Å². The van der Waals surface area contributed by atoms with Gasteiger partial charge < -0.3 is 10.2 Å². The third kappa shape index (κ3) is 2.99. The maximum absolute atomic E-state index is 12.8. The van der Waals surface area contributed by atoms with Crippen molar-refractivity contribution in [2.24, 2.45) is 5.41 Å². The van der Waals surface area contributed by atoms with E-state index in [2.05, 4.69) is 11.9 Å². The first-order valence-electron chi connectivity index (χ1n) is 7.33. The smallest absolute Gasteiger partial charge is 0.242 e. The van der Waals surface area contributed by atoms with Gasteiger partial charge in [0.1, 0.15) is 5.41 Å². The summed E-state index contributed by atoms with van der Waals surface area (Å²) in [6.07, 6.45) is 2.87. The van der Waals surface area contributed by atoms with Crippen LogP contribution in [0.4, 0.5) is 5.69 Å². The number of anilines is 1. The van der Waals surface area contributed by atoms with Crippen molar-refractivity contribution in [1.29, 1.82) is 0 Å². The molecule has 0 unspecified atom stereocenters. The summed E-state index contributed by atoms with van der Waals surface area (Å²) in [5.41, 5.74) is 1.08. The van der Waals surface area contributed by atoms with Gasteiger partial charge in [-0.05, 0) is 44.4 Å². The van der Waals surface area contributed by atoms with Crippen LogP contribution in [0.5, 0.6) is 0 Å². The van der Waals surface area contributed by atoms with E-state index in [0.717, 1.165) is 11.3 Å². The first kappa shape index (κ1) is 15.3. The molecular formula is C17H22N2O2. The number of carbonyl (C=O) groups excluding carboxylic acids is 2. The Hall–Kier alpha value is -2.10. The van der Waals surface area contributed by atoms with Crippen LogP contribution in [0.3, 0.4) is 0 Å². The summed E-state index contributed by atoms with van der Waals surface area (Å²) in [6.45, 7) is 8.45. The van der Waals surface area contributed by atoms with Crippen molar-refractivity contribution >= 4 is 17.5 Å². The molecule has 112 valence electrons. The topological polar surface area (TPSA) is 49.4 Å². The van der Waals surface area contributed by atoms with Crippen LogP contribution in [0.25, 0.3) is 0 Å². The molecule has 0 spiro atoms. The van der Waals surface area contributed by atoms with E-state index in [9.17, 15) is 9.59 Å². The molecule has 0 aliphatic heterocycles. The molecule has 4 heteroatoms. The first-order chi connectivity index (χ1) is 10.0. The molecule has 1 N–H and O–H groups in total. The largest absolute Gasteiger partial charge is 0.352 e. The van der Waals surface area contributed by atoms with Gasteiger partial charge in [0.25, 0.3) is 0 Å². The zero-order valence-electron chi connectivity index (χ0n) is 12.7. The maximum Gasteiger partial charge on any atom is 0.242 e. The minimum absolute atomic E-state index is 0.0998. The number of nitrogens with one attached hydrogen (secondary N) is 1. The molecule has 1 aliphatic carbocycles. The quantitative estimate of drug-likeness (QED) is 0.645. The molecule has 1 aromatic rings. The molecule has 21 heavy (non-hydrogen) atoms. The van der Waals surface area contributed by atoms with Gasteiger partial charge in [-0.2, -0.15) is 0 Å². The Kier molecular flexibility index (Phi) is 4.46. The lowest BCUT2D eigenvalue weighted by molar-refractivity contribution is -0.135. The Labute approximate surface area is 125 Å². The molecule has 0 heterocycles. The van der Waals surface area contributed by atoms with E-state index in [1.807, 2.05) is 38.1 Å². The van der Waals surface area contributed by atoms with Gasteiger partial charge in [-0.1, -0.05) is 18.2 Å². The number of rotatable bonds is 6. The van der Waals surface area contributed by atoms with E-state index in [0.29, 0.717) is 25.9 Å². The normalized spacial score (nSPS) is 15.1. The second-order valence-corrected chi connectivity index (χ2v) is 5.47. The fourth-order valence-electron chi connectivity index (χ4n) is 2.49. The summed E-state index contributed by atoms with van der Waals surface area (Å²) < 4.78 is 0. The summed E-state index contributed by atoms with van der Waals surface area (Å²) >= 11 is 0. The average Bonchev–Trinajstić information content (AvgIpc) is 3.27. The molecule has 1 aliphatic rings. The second kappa shape index (κ2) is 6.12. The maximum atomic E-state index is 12.8. The van der Waals surface area contributed by atoms with Crippen LogP contribution in [0.2, 0.25) is 0 Å². The lowest BCUT2D eigenvalue weighted by Gasteiger charge is -2.26. The van der Waals surface area contributed by atoms with Crippen LogP contribution in [-0.2, 0) is 9.59 Å². The number of benzene rings is 1. The summed E-state index contributed by atoms with van der Waals surface area (Å²) in [6, 6.07) is 7.80. The van der Waals surface area contributed by atoms with Crippen molar-refractivity contribution in [1.82, 2.24) is 5.32 Å². The monoisotopic (exact) mass is 286 g/mol. The van der Waals surface area contributed by atoms with Gasteiger partial charge in [0, 0.05) is 18.8 Å². The van der Waals surface area contributed by atoms with Crippen molar-refractivity contribution in [3.05, 3.63) is 42.5 Å². The van der Waals surface area contributed by atoms with E-state index in [1.165, 1.54) is 0 Å². The van der Waals surface area contributed by atoms with Crippen LogP contribution in [0.15, 0.2) is 36.9 Å². The molecule has 1 saturated carbocycles. The predicted octanol–water partition coefficient (Wildman–Crippen LogP) is 2.43. The number of hydrogen-bond donors (Lipinski definition) is 1. The van der Waals surface area contributed by atoms with Gasteiger partial charge in [-0.15, -0.1) is 6.58 Å². The van der Waals surface area contributed by atoms with Gasteiger partial charge in [0.15, 0.2) is 0 Å². The zero-order valence-corrected chi connectivity index (χ0v) is 12.7. The Morgan fingerprint density at radius 2 is 2.14 bits per heavy atom. The number of hydrogen-bond acceptors (Lipinski definition) is 2. The zero-order chi connectivity index (χ0) is 15.5. The molecule has 2 rings (SSSR count). The van der Waals surface area contributed by atoms with Crippen molar-refractivity contribution in [2.45, 2.75) is 26.7 Å². The minimum Gasteiger partial charge on any atom is -0.352 e. The Bertz CT molecular complexity index is 562. The van der Waals surface area contributed by atoms with E-state index >= 15 is 0 Å². The van der Waals surface area contributed by atoms with E-state index < -0.39 is 5.41 Å². The highest BCUT2D eigenvalue weighted by atomic mass is 16.2.